The minimum atomic E-state index is -0.385. The Balaban J connectivity index is 1.95. The Hall–Kier alpha value is -1.46. The molecular formula is C13H13ClN2O2S. The topological polar surface area (TPSA) is 55.0 Å². The van der Waals surface area contributed by atoms with Gasteiger partial charge in [-0.15, -0.1) is 0 Å². The van der Waals surface area contributed by atoms with Crippen molar-refractivity contribution in [1.82, 2.24) is 9.97 Å². The summed E-state index contributed by atoms with van der Waals surface area (Å²) in [7, 11) is 0. The zero-order valence-electron chi connectivity index (χ0n) is 10.4. The molecule has 2 aromatic rings. The standard InChI is InChI=1S/C13H13ClN2O2S/c1-2-18-12(17)11-7-15-13(16-11)19-8-9-4-3-5-10(14)6-9/h3-7H,2,8H2,1H3,(H,15,16). The number of benzene rings is 1. The van der Waals surface area contributed by atoms with Gasteiger partial charge >= 0.3 is 5.97 Å². The summed E-state index contributed by atoms with van der Waals surface area (Å²) in [6.45, 7) is 2.12. The van der Waals surface area contributed by atoms with Gasteiger partial charge in [0.05, 0.1) is 12.8 Å². The van der Waals surface area contributed by atoms with Crippen molar-refractivity contribution in [3.05, 3.63) is 46.7 Å². The van der Waals surface area contributed by atoms with E-state index >= 15 is 0 Å². The Labute approximate surface area is 120 Å². The van der Waals surface area contributed by atoms with E-state index in [2.05, 4.69) is 9.97 Å². The molecule has 6 heteroatoms. The van der Waals surface area contributed by atoms with Gasteiger partial charge in [0.2, 0.25) is 0 Å². The first kappa shape index (κ1) is 14.0. The van der Waals surface area contributed by atoms with Crippen LogP contribution in [-0.2, 0) is 10.5 Å². The van der Waals surface area contributed by atoms with Crippen LogP contribution in [0.4, 0.5) is 0 Å². The molecule has 0 unspecified atom stereocenters. The van der Waals surface area contributed by atoms with Gasteiger partial charge in [-0.1, -0.05) is 35.5 Å². The van der Waals surface area contributed by atoms with E-state index < -0.39 is 0 Å². The molecule has 2 rings (SSSR count). The Kier molecular flexibility index (Phi) is 4.87. The van der Waals surface area contributed by atoms with Gasteiger partial charge < -0.3 is 9.72 Å². The fourth-order valence-electron chi connectivity index (χ4n) is 1.47. The predicted octanol–water partition coefficient (Wildman–Crippen LogP) is 3.53. The number of aromatic nitrogens is 2. The average molecular weight is 297 g/mol. The molecule has 1 aromatic heterocycles. The molecular weight excluding hydrogens is 284 g/mol. The molecule has 19 heavy (non-hydrogen) atoms. The molecule has 1 aromatic carbocycles. The molecule has 0 saturated carbocycles. The number of esters is 1. The van der Waals surface area contributed by atoms with Crippen LogP contribution in [0.2, 0.25) is 5.02 Å². The second kappa shape index (κ2) is 6.63. The summed E-state index contributed by atoms with van der Waals surface area (Å²) < 4.78 is 4.88. The summed E-state index contributed by atoms with van der Waals surface area (Å²) >= 11 is 7.42. The lowest BCUT2D eigenvalue weighted by Gasteiger charge is -2.00. The number of ether oxygens (including phenoxy) is 1. The molecule has 0 radical (unpaired) electrons. The van der Waals surface area contributed by atoms with Crippen molar-refractivity contribution in [2.24, 2.45) is 0 Å². The van der Waals surface area contributed by atoms with Crippen LogP contribution in [0, 0.1) is 0 Å². The molecule has 0 fully saturated rings. The third kappa shape index (κ3) is 4.01. The predicted molar refractivity (Wildman–Crippen MR) is 75.6 cm³/mol. The zero-order chi connectivity index (χ0) is 13.7. The molecule has 0 spiro atoms. The first-order valence-electron chi connectivity index (χ1n) is 5.78. The van der Waals surface area contributed by atoms with Crippen molar-refractivity contribution in [3.8, 4) is 0 Å². The van der Waals surface area contributed by atoms with Crippen molar-refractivity contribution in [1.29, 1.82) is 0 Å². The number of nitrogens with zero attached hydrogens (tertiary/aromatic N) is 1. The summed E-state index contributed by atoms with van der Waals surface area (Å²) in [5.41, 5.74) is 1.47. The van der Waals surface area contributed by atoms with Crippen molar-refractivity contribution >= 4 is 29.3 Å². The lowest BCUT2D eigenvalue weighted by molar-refractivity contribution is 0.0519. The van der Waals surface area contributed by atoms with E-state index in [-0.39, 0.29) is 5.97 Å². The maximum atomic E-state index is 11.5. The van der Waals surface area contributed by atoms with E-state index in [1.54, 1.807) is 6.92 Å². The van der Waals surface area contributed by atoms with E-state index in [9.17, 15) is 4.79 Å². The van der Waals surface area contributed by atoms with Crippen LogP contribution >= 0.6 is 23.4 Å². The van der Waals surface area contributed by atoms with E-state index in [4.69, 9.17) is 16.3 Å². The van der Waals surface area contributed by atoms with Gasteiger partial charge in [-0.3, -0.25) is 0 Å². The molecule has 0 aliphatic heterocycles. The van der Waals surface area contributed by atoms with Crippen molar-refractivity contribution in [3.63, 3.8) is 0 Å². The normalized spacial score (nSPS) is 10.4. The molecule has 100 valence electrons. The summed E-state index contributed by atoms with van der Waals surface area (Å²) in [5, 5.41) is 1.40. The van der Waals surface area contributed by atoms with Crippen LogP contribution in [0.3, 0.4) is 0 Å². The minimum Gasteiger partial charge on any atom is -0.461 e. The molecule has 0 atom stereocenters. The third-order valence-corrected chi connectivity index (χ3v) is 3.51. The summed E-state index contributed by atoms with van der Waals surface area (Å²) in [6.07, 6.45) is 1.48. The monoisotopic (exact) mass is 296 g/mol. The number of nitrogens with one attached hydrogen (secondary N) is 1. The maximum absolute atomic E-state index is 11.5. The smallest absolute Gasteiger partial charge is 0.356 e. The second-order valence-corrected chi connectivity index (χ2v) is 5.14. The number of hydrogen-bond donors (Lipinski definition) is 1. The van der Waals surface area contributed by atoms with Gasteiger partial charge in [-0.2, -0.15) is 0 Å². The second-order valence-electron chi connectivity index (χ2n) is 3.74. The highest BCUT2D eigenvalue weighted by atomic mass is 35.5. The fourth-order valence-corrected chi connectivity index (χ4v) is 2.47. The number of thioether (sulfide) groups is 1. The van der Waals surface area contributed by atoms with E-state index in [0.29, 0.717) is 22.5 Å². The van der Waals surface area contributed by atoms with Crippen LogP contribution in [0.1, 0.15) is 23.0 Å². The fraction of sp³-hybridized carbons (Fsp3) is 0.231. The number of halogens is 1. The average Bonchev–Trinajstić information content (AvgIpc) is 2.86. The van der Waals surface area contributed by atoms with E-state index in [1.165, 1.54) is 18.0 Å². The van der Waals surface area contributed by atoms with Crippen molar-refractivity contribution < 1.29 is 9.53 Å². The minimum absolute atomic E-state index is 0.350. The molecule has 1 heterocycles. The van der Waals surface area contributed by atoms with Gasteiger partial charge in [0, 0.05) is 10.8 Å². The number of carbonyl (C=O) groups is 1. The molecule has 1 N–H and O–H groups in total. The number of H-pyrrole nitrogens is 1. The number of hydrogen-bond acceptors (Lipinski definition) is 4. The highest BCUT2D eigenvalue weighted by molar-refractivity contribution is 7.98. The Morgan fingerprint density at radius 3 is 3.11 bits per heavy atom. The summed E-state index contributed by atoms with van der Waals surface area (Å²) in [5.74, 6) is 0.348. The van der Waals surface area contributed by atoms with E-state index in [1.807, 2.05) is 24.3 Å². The van der Waals surface area contributed by atoms with Crippen LogP contribution in [0.15, 0.2) is 35.6 Å². The molecule has 0 saturated heterocycles. The Morgan fingerprint density at radius 1 is 1.53 bits per heavy atom. The highest BCUT2D eigenvalue weighted by Crippen LogP contribution is 2.21. The zero-order valence-corrected chi connectivity index (χ0v) is 11.9. The Morgan fingerprint density at radius 2 is 2.37 bits per heavy atom. The third-order valence-electron chi connectivity index (χ3n) is 2.31. The summed E-state index contributed by atoms with van der Waals surface area (Å²) in [4.78, 5) is 18.5. The number of carbonyl (C=O) groups excluding carboxylic acids is 1. The molecule has 0 bridgehead atoms. The van der Waals surface area contributed by atoms with Gasteiger partial charge in [-0.25, -0.2) is 9.78 Å². The number of rotatable bonds is 5. The lowest BCUT2D eigenvalue weighted by Crippen LogP contribution is -2.04. The molecule has 4 nitrogen and oxygen atoms in total. The first-order chi connectivity index (χ1) is 9.19. The van der Waals surface area contributed by atoms with Crippen LogP contribution in [0.5, 0.6) is 0 Å². The lowest BCUT2D eigenvalue weighted by atomic mass is 10.2. The quantitative estimate of drug-likeness (QED) is 0.677. The highest BCUT2D eigenvalue weighted by Gasteiger charge is 2.10. The summed E-state index contributed by atoms with van der Waals surface area (Å²) in [6, 6.07) is 7.64. The molecule has 0 aliphatic rings. The van der Waals surface area contributed by atoms with Gasteiger partial charge in [-0.05, 0) is 24.6 Å². The van der Waals surface area contributed by atoms with Crippen LogP contribution in [-0.4, -0.2) is 22.5 Å². The number of aromatic amines is 1. The van der Waals surface area contributed by atoms with Crippen LogP contribution < -0.4 is 0 Å². The van der Waals surface area contributed by atoms with Crippen molar-refractivity contribution in [2.75, 3.05) is 6.61 Å². The molecule has 0 aliphatic carbocycles. The SMILES string of the molecule is CCOC(=O)c1cnc(SCc2cccc(Cl)c2)[nH]1. The van der Waals surface area contributed by atoms with Gasteiger partial charge in [0.1, 0.15) is 5.69 Å². The van der Waals surface area contributed by atoms with Gasteiger partial charge in [0.15, 0.2) is 5.16 Å². The van der Waals surface area contributed by atoms with Gasteiger partial charge in [0.25, 0.3) is 0 Å². The first-order valence-corrected chi connectivity index (χ1v) is 7.14. The largest absolute Gasteiger partial charge is 0.461 e. The van der Waals surface area contributed by atoms with E-state index in [0.717, 1.165) is 11.3 Å². The van der Waals surface area contributed by atoms with Crippen LogP contribution in [0.25, 0.3) is 0 Å². The van der Waals surface area contributed by atoms with Crippen molar-refractivity contribution in [2.45, 2.75) is 17.8 Å². The maximum Gasteiger partial charge on any atom is 0.356 e. The Bertz CT molecular complexity index is 571. The molecule has 0 amide bonds. The number of imidazole rings is 1.